The first-order chi connectivity index (χ1) is 10.3. The normalized spacial score (nSPS) is 12.9. The highest BCUT2D eigenvalue weighted by atomic mass is 32.2. The lowest BCUT2D eigenvalue weighted by atomic mass is 9.88. The highest BCUT2D eigenvalue weighted by molar-refractivity contribution is 7.90. The van der Waals surface area contributed by atoms with Gasteiger partial charge < -0.3 is 5.11 Å². The number of hydrogen-bond acceptors (Lipinski definition) is 3. The Hall–Kier alpha value is -1.98. The van der Waals surface area contributed by atoms with Gasteiger partial charge in [0.05, 0.1) is 11.5 Å². The molecule has 0 aliphatic carbocycles. The van der Waals surface area contributed by atoms with Crippen molar-refractivity contribution < 1.29 is 17.9 Å². The molecule has 0 radical (unpaired) electrons. The molecule has 116 valence electrons. The lowest BCUT2D eigenvalue weighted by Crippen LogP contribution is -2.07. The third-order valence-corrected chi connectivity index (χ3v) is 4.66. The summed E-state index contributed by atoms with van der Waals surface area (Å²) < 4.78 is 35.9. The molecule has 2 aromatic rings. The Balaban J connectivity index is 2.30. The molecule has 2 rings (SSSR count). The fraction of sp³-hybridized carbons (Fsp3) is 0.176. The molecule has 0 saturated heterocycles. The van der Waals surface area contributed by atoms with E-state index >= 15 is 0 Å². The summed E-state index contributed by atoms with van der Waals surface area (Å²) in [5, 5.41) is 9.61. The smallest absolute Gasteiger partial charge is 0.175 e. The quantitative estimate of drug-likeness (QED) is 0.921. The predicted octanol–water partition coefficient (Wildman–Crippen LogP) is 3.02. The van der Waals surface area contributed by atoms with Crippen LogP contribution >= 0.6 is 0 Å². The molecule has 0 saturated carbocycles. The van der Waals surface area contributed by atoms with Crippen LogP contribution in [0.15, 0.2) is 60.0 Å². The fourth-order valence-electron chi connectivity index (χ4n) is 2.23. The first-order valence-corrected chi connectivity index (χ1v) is 8.57. The van der Waals surface area contributed by atoms with Crippen molar-refractivity contribution in [3.63, 3.8) is 0 Å². The Morgan fingerprint density at radius 2 is 1.68 bits per heavy atom. The van der Waals surface area contributed by atoms with E-state index in [1.807, 2.05) is 0 Å². The molecule has 0 amide bonds. The van der Waals surface area contributed by atoms with E-state index in [-0.39, 0.29) is 23.2 Å². The van der Waals surface area contributed by atoms with Crippen molar-refractivity contribution in [1.82, 2.24) is 0 Å². The zero-order valence-electron chi connectivity index (χ0n) is 12.2. The third-order valence-electron chi connectivity index (χ3n) is 3.53. The van der Waals surface area contributed by atoms with Crippen molar-refractivity contribution in [1.29, 1.82) is 0 Å². The van der Waals surface area contributed by atoms with Crippen molar-refractivity contribution in [3.8, 4) is 0 Å². The molecule has 0 aliphatic rings. The summed E-state index contributed by atoms with van der Waals surface area (Å²) in [6, 6.07) is 12.2. The van der Waals surface area contributed by atoms with Crippen LogP contribution in [0.5, 0.6) is 0 Å². The van der Waals surface area contributed by atoms with Gasteiger partial charge in [0.1, 0.15) is 5.82 Å². The fourth-order valence-corrected chi connectivity index (χ4v) is 2.86. The monoisotopic (exact) mass is 320 g/mol. The lowest BCUT2D eigenvalue weighted by Gasteiger charge is -2.18. The molecular formula is C17H17FO3S. The summed E-state index contributed by atoms with van der Waals surface area (Å²) in [5.74, 6) is -0.715. The van der Waals surface area contributed by atoms with Gasteiger partial charge in [0, 0.05) is 12.2 Å². The van der Waals surface area contributed by atoms with Crippen LogP contribution in [-0.4, -0.2) is 26.4 Å². The van der Waals surface area contributed by atoms with Crippen molar-refractivity contribution in [2.45, 2.75) is 10.8 Å². The van der Waals surface area contributed by atoms with E-state index in [1.165, 1.54) is 24.3 Å². The molecule has 5 heteroatoms. The molecule has 0 aliphatic heterocycles. The van der Waals surface area contributed by atoms with E-state index < -0.39 is 9.84 Å². The summed E-state index contributed by atoms with van der Waals surface area (Å²) >= 11 is 0. The Morgan fingerprint density at radius 1 is 1.14 bits per heavy atom. The van der Waals surface area contributed by atoms with Crippen molar-refractivity contribution in [2.24, 2.45) is 0 Å². The van der Waals surface area contributed by atoms with Gasteiger partial charge in [-0.05, 0) is 41.0 Å². The van der Waals surface area contributed by atoms with E-state index in [0.717, 1.165) is 17.4 Å². The van der Waals surface area contributed by atoms with Crippen LogP contribution in [0.1, 0.15) is 17.0 Å². The number of aliphatic hydroxyl groups excluding tert-OH is 1. The molecule has 0 aromatic heterocycles. The second-order valence-electron chi connectivity index (χ2n) is 5.11. The average molecular weight is 320 g/mol. The van der Waals surface area contributed by atoms with E-state index in [4.69, 9.17) is 0 Å². The molecular weight excluding hydrogens is 303 g/mol. The summed E-state index contributed by atoms with van der Waals surface area (Å²) in [6.07, 6.45) is 1.14. The number of sulfone groups is 1. The molecule has 2 aromatic carbocycles. The summed E-state index contributed by atoms with van der Waals surface area (Å²) in [5.41, 5.74) is 2.13. The second-order valence-corrected chi connectivity index (χ2v) is 7.12. The van der Waals surface area contributed by atoms with E-state index in [2.05, 4.69) is 6.58 Å². The van der Waals surface area contributed by atoms with Gasteiger partial charge in [-0.1, -0.05) is 30.8 Å². The van der Waals surface area contributed by atoms with Crippen LogP contribution in [0, 0.1) is 5.82 Å². The van der Waals surface area contributed by atoms with Gasteiger partial charge >= 0.3 is 0 Å². The van der Waals surface area contributed by atoms with Gasteiger partial charge in [-0.15, -0.1) is 0 Å². The van der Waals surface area contributed by atoms with Gasteiger partial charge in [0.15, 0.2) is 9.84 Å². The number of rotatable bonds is 5. The van der Waals surface area contributed by atoms with E-state index in [9.17, 15) is 17.9 Å². The van der Waals surface area contributed by atoms with E-state index in [1.54, 1.807) is 24.3 Å². The standard InChI is InChI=1S/C17H17FO3S/c1-12(13-5-9-16(10-6-13)22(2,20)21)17(11-19)14-3-7-15(18)8-4-14/h3-10,17,19H,1,11H2,2H3. The molecule has 0 bridgehead atoms. The molecule has 1 N–H and O–H groups in total. The maximum atomic E-state index is 13.0. The third kappa shape index (κ3) is 3.61. The second kappa shape index (κ2) is 6.42. The molecule has 1 unspecified atom stereocenters. The van der Waals surface area contributed by atoms with Crippen molar-refractivity contribution in [2.75, 3.05) is 12.9 Å². The maximum Gasteiger partial charge on any atom is 0.175 e. The highest BCUT2D eigenvalue weighted by Gasteiger charge is 2.16. The number of aliphatic hydroxyl groups is 1. The van der Waals surface area contributed by atoms with E-state index in [0.29, 0.717) is 5.57 Å². The molecule has 0 spiro atoms. The lowest BCUT2D eigenvalue weighted by molar-refractivity contribution is 0.286. The van der Waals surface area contributed by atoms with Crippen LogP contribution in [0.2, 0.25) is 0 Å². The minimum absolute atomic E-state index is 0.168. The minimum Gasteiger partial charge on any atom is -0.395 e. The summed E-state index contributed by atoms with van der Waals surface area (Å²) in [7, 11) is -3.25. The molecule has 0 fully saturated rings. The van der Waals surface area contributed by atoms with Crippen molar-refractivity contribution in [3.05, 3.63) is 72.1 Å². The Morgan fingerprint density at radius 3 is 2.14 bits per heavy atom. The Bertz CT molecular complexity index is 763. The number of halogens is 1. The summed E-state index contributed by atoms with van der Waals surface area (Å²) in [4.78, 5) is 0.228. The minimum atomic E-state index is -3.25. The van der Waals surface area contributed by atoms with Crippen LogP contribution in [-0.2, 0) is 9.84 Å². The molecule has 3 nitrogen and oxygen atoms in total. The van der Waals surface area contributed by atoms with Gasteiger partial charge in [0.25, 0.3) is 0 Å². The number of hydrogen-bond donors (Lipinski definition) is 1. The zero-order chi connectivity index (χ0) is 16.3. The van der Waals surface area contributed by atoms with Crippen LogP contribution < -0.4 is 0 Å². The van der Waals surface area contributed by atoms with Gasteiger partial charge in [-0.25, -0.2) is 12.8 Å². The van der Waals surface area contributed by atoms with Gasteiger partial charge in [0.2, 0.25) is 0 Å². The average Bonchev–Trinajstić information content (AvgIpc) is 2.49. The first-order valence-electron chi connectivity index (χ1n) is 6.68. The largest absolute Gasteiger partial charge is 0.395 e. The van der Waals surface area contributed by atoms with Crippen LogP contribution in [0.25, 0.3) is 5.57 Å². The Kier molecular flexibility index (Phi) is 4.78. The van der Waals surface area contributed by atoms with Gasteiger partial charge in [-0.2, -0.15) is 0 Å². The summed E-state index contributed by atoms with van der Waals surface area (Å²) in [6.45, 7) is 3.82. The Labute approximate surface area is 129 Å². The zero-order valence-corrected chi connectivity index (χ0v) is 13.0. The molecule has 0 heterocycles. The highest BCUT2D eigenvalue weighted by Crippen LogP contribution is 2.31. The SMILES string of the molecule is C=C(c1ccc(S(C)(=O)=O)cc1)C(CO)c1ccc(F)cc1. The van der Waals surface area contributed by atoms with Gasteiger partial charge in [-0.3, -0.25) is 0 Å². The van der Waals surface area contributed by atoms with Crippen molar-refractivity contribution >= 4 is 15.4 Å². The topological polar surface area (TPSA) is 54.4 Å². The molecule has 22 heavy (non-hydrogen) atoms. The van der Waals surface area contributed by atoms with Crippen LogP contribution in [0.4, 0.5) is 4.39 Å². The maximum absolute atomic E-state index is 13.0. The number of benzene rings is 2. The first kappa shape index (κ1) is 16.4. The molecule has 1 atom stereocenters. The van der Waals surface area contributed by atoms with Crippen LogP contribution in [0.3, 0.4) is 0 Å². The predicted molar refractivity (Wildman–Crippen MR) is 84.8 cm³/mol.